The normalized spacial score (nSPS) is 10.6. The van der Waals surface area contributed by atoms with Crippen LogP contribution in [0.5, 0.6) is 0 Å². The molecule has 3 aromatic rings. The highest BCUT2D eigenvalue weighted by Gasteiger charge is 2.06. The monoisotopic (exact) mass is 385 g/mol. The summed E-state index contributed by atoms with van der Waals surface area (Å²) in [6.45, 7) is 0.741. The third kappa shape index (κ3) is 5.31. The van der Waals surface area contributed by atoms with Crippen LogP contribution in [0.1, 0.15) is 6.42 Å². The van der Waals surface area contributed by atoms with Gasteiger partial charge in [0.25, 0.3) is 5.56 Å². The van der Waals surface area contributed by atoms with Gasteiger partial charge in [-0.05, 0) is 29.6 Å². The van der Waals surface area contributed by atoms with Gasteiger partial charge in [0.1, 0.15) is 5.69 Å². The molecule has 1 amide bonds. The van der Waals surface area contributed by atoms with Gasteiger partial charge in [-0.15, -0.1) is 23.1 Å². The minimum atomic E-state index is -0.167. The van der Waals surface area contributed by atoms with Crippen molar-refractivity contribution in [3.63, 3.8) is 0 Å². The van der Waals surface area contributed by atoms with Gasteiger partial charge in [0, 0.05) is 29.7 Å². The molecule has 7 heteroatoms. The molecule has 2 aromatic heterocycles. The minimum absolute atomic E-state index is 0.0177. The third-order valence-corrected chi connectivity index (χ3v) is 5.53. The van der Waals surface area contributed by atoms with Crippen molar-refractivity contribution < 1.29 is 4.79 Å². The molecule has 0 unspecified atom stereocenters. The maximum atomic E-state index is 11.9. The zero-order valence-electron chi connectivity index (χ0n) is 14.1. The smallest absolute Gasteiger partial charge is 0.266 e. The average molecular weight is 386 g/mol. The molecule has 1 aromatic carbocycles. The van der Waals surface area contributed by atoms with Crippen LogP contribution in [0.4, 0.5) is 0 Å². The predicted octanol–water partition coefficient (Wildman–Crippen LogP) is 3.27. The summed E-state index contributed by atoms with van der Waals surface area (Å²) in [5, 5.41) is 9.19. The molecule has 0 fully saturated rings. The summed E-state index contributed by atoms with van der Waals surface area (Å²) in [7, 11) is 0. The van der Waals surface area contributed by atoms with Gasteiger partial charge in [-0.2, -0.15) is 5.10 Å². The van der Waals surface area contributed by atoms with E-state index >= 15 is 0 Å². The molecular weight excluding hydrogens is 366 g/mol. The number of hydrogen-bond acceptors (Lipinski definition) is 5. The lowest BCUT2D eigenvalue weighted by Gasteiger charge is -2.08. The van der Waals surface area contributed by atoms with Gasteiger partial charge in [-0.1, -0.05) is 24.3 Å². The second-order valence-electron chi connectivity index (χ2n) is 5.52. The highest BCUT2D eigenvalue weighted by Crippen LogP contribution is 2.21. The Morgan fingerprint density at radius 1 is 1.12 bits per heavy atom. The van der Waals surface area contributed by atoms with Crippen LogP contribution in [0.3, 0.4) is 0 Å². The number of thiophene rings is 1. The van der Waals surface area contributed by atoms with Crippen molar-refractivity contribution in [2.24, 2.45) is 0 Å². The van der Waals surface area contributed by atoms with Crippen molar-refractivity contribution >= 4 is 29.0 Å². The number of thioether (sulfide) groups is 1. The summed E-state index contributed by atoms with van der Waals surface area (Å²) in [5.74, 6) is 0.706. The van der Waals surface area contributed by atoms with Crippen LogP contribution in [-0.4, -0.2) is 28.0 Å². The van der Waals surface area contributed by atoms with Crippen LogP contribution in [0.2, 0.25) is 0 Å². The SMILES string of the molecule is O=C(CCSc1ccccc1)NCCn1nc(-c2cccs2)ccc1=O. The summed E-state index contributed by atoms with van der Waals surface area (Å²) in [5.41, 5.74) is 0.601. The van der Waals surface area contributed by atoms with Crippen LogP contribution >= 0.6 is 23.1 Å². The lowest BCUT2D eigenvalue weighted by Crippen LogP contribution is -2.32. The zero-order chi connectivity index (χ0) is 18.2. The van der Waals surface area contributed by atoms with Crippen molar-refractivity contribution in [1.82, 2.24) is 15.1 Å². The Kier molecular flexibility index (Phi) is 6.62. The number of aromatic nitrogens is 2. The van der Waals surface area contributed by atoms with E-state index in [-0.39, 0.29) is 11.5 Å². The maximum absolute atomic E-state index is 11.9. The highest BCUT2D eigenvalue weighted by molar-refractivity contribution is 7.99. The number of carbonyl (C=O) groups excluding carboxylic acids is 1. The van der Waals surface area contributed by atoms with E-state index in [9.17, 15) is 9.59 Å². The molecule has 0 aliphatic rings. The molecule has 0 bridgehead atoms. The summed E-state index contributed by atoms with van der Waals surface area (Å²) >= 11 is 3.23. The van der Waals surface area contributed by atoms with E-state index in [1.165, 1.54) is 10.7 Å². The number of nitrogens with zero attached hydrogens (tertiary/aromatic N) is 2. The van der Waals surface area contributed by atoms with Crippen LogP contribution in [0.25, 0.3) is 10.6 Å². The van der Waals surface area contributed by atoms with Crippen LogP contribution in [0.15, 0.2) is 69.7 Å². The molecular formula is C19H19N3O2S2. The number of carbonyl (C=O) groups is 1. The zero-order valence-corrected chi connectivity index (χ0v) is 15.8. The molecule has 1 N–H and O–H groups in total. The Morgan fingerprint density at radius 2 is 1.96 bits per heavy atom. The Bertz CT molecular complexity index is 893. The van der Waals surface area contributed by atoms with Crippen LogP contribution < -0.4 is 10.9 Å². The molecule has 134 valence electrons. The maximum Gasteiger partial charge on any atom is 0.266 e. The van der Waals surface area contributed by atoms with E-state index < -0.39 is 0 Å². The molecule has 0 aliphatic heterocycles. The van der Waals surface area contributed by atoms with Gasteiger partial charge >= 0.3 is 0 Å². The van der Waals surface area contributed by atoms with Gasteiger partial charge in [-0.3, -0.25) is 9.59 Å². The molecule has 2 heterocycles. The largest absolute Gasteiger partial charge is 0.354 e. The first kappa shape index (κ1) is 18.4. The van der Waals surface area contributed by atoms with Crippen molar-refractivity contribution in [3.05, 3.63) is 70.3 Å². The Hall–Kier alpha value is -2.38. The summed E-state index contributed by atoms with van der Waals surface area (Å²) in [4.78, 5) is 26.0. The standard InChI is InChI=1S/C19H19N3O2S2/c23-18(10-14-25-15-5-2-1-3-6-15)20-11-12-22-19(24)9-8-16(21-22)17-7-4-13-26-17/h1-9,13H,10-12,14H2,(H,20,23). The lowest BCUT2D eigenvalue weighted by atomic mass is 10.3. The molecule has 0 spiro atoms. The first-order valence-corrected chi connectivity index (χ1v) is 10.2. The number of hydrogen-bond donors (Lipinski definition) is 1. The van der Waals surface area contributed by atoms with Gasteiger partial charge in [-0.25, -0.2) is 4.68 Å². The number of rotatable bonds is 8. The van der Waals surface area contributed by atoms with Gasteiger partial charge in [0.15, 0.2) is 0 Å². The van der Waals surface area contributed by atoms with Gasteiger partial charge in [0.05, 0.1) is 11.4 Å². The lowest BCUT2D eigenvalue weighted by molar-refractivity contribution is -0.120. The van der Waals surface area contributed by atoms with E-state index in [1.54, 1.807) is 29.2 Å². The van der Waals surface area contributed by atoms with Crippen molar-refractivity contribution in [1.29, 1.82) is 0 Å². The molecule has 0 saturated carbocycles. The van der Waals surface area contributed by atoms with E-state index in [0.717, 1.165) is 21.2 Å². The molecule has 0 radical (unpaired) electrons. The number of benzene rings is 1. The first-order chi connectivity index (χ1) is 12.7. The molecule has 5 nitrogen and oxygen atoms in total. The fraction of sp³-hybridized carbons (Fsp3) is 0.211. The van der Waals surface area contributed by atoms with E-state index in [4.69, 9.17) is 0 Å². The van der Waals surface area contributed by atoms with E-state index in [1.807, 2.05) is 47.8 Å². The topological polar surface area (TPSA) is 64.0 Å². The quantitative estimate of drug-likeness (QED) is 0.605. The van der Waals surface area contributed by atoms with Gasteiger partial charge in [0.2, 0.25) is 5.91 Å². The molecule has 3 rings (SSSR count). The predicted molar refractivity (Wildman–Crippen MR) is 107 cm³/mol. The highest BCUT2D eigenvalue weighted by atomic mass is 32.2. The third-order valence-electron chi connectivity index (χ3n) is 3.63. The second-order valence-corrected chi connectivity index (χ2v) is 7.63. The Labute approximate surface area is 160 Å². The Balaban J connectivity index is 1.45. The molecule has 0 atom stereocenters. The summed E-state index contributed by atoms with van der Waals surface area (Å²) in [6.07, 6.45) is 0.442. The first-order valence-electron chi connectivity index (χ1n) is 8.29. The molecule has 26 heavy (non-hydrogen) atoms. The van der Waals surface area contributed by atoms with Gasteiger partial charge < -0.3 is 5.32 Å². The average Bonchev–Trinajstić information content (AvgIpc) is 3.19. The minimum Gasteiger partial charge on any atom is -0.354 e. The fourth-order valence-corrected chi connectivity index (χ4v) is 3.90. The van der Waals surface area contributed by atoms with E-state index in [2.05, 4.69) is 10.4 Å². The van der Waals surface area contributed by atoms with Crippen LogP contribution in [0, 0.1) is 0 Å². The fourth-order valence-electron chi connectivity index (χ4n) is 2.33. The summed E-state index contributed by atoms with van der Waals surface area (Å²) in [6, 6.07) is 17.2. The number of amides is 1. The van der Waals surface area contributed by atoms with E-state index in [0.29, 0.717) is 19.5 Å². The molecule has 0 saturated heterocycles. The van der Waals surface area contributed by atoms with Crippen LogP contribution in [-0.2, 0) is 11.3 Å². The van der Waals surface area contributed by atoms with Crippen molar-refractivity contribution in [3.8, 4) is 10.6 Å². The second kappa shape index (κ2) is 9.35. The van der Waals surface area contributed by atoms with Crippen molar-refractivity contribution in [2.75, 3.05) is 12.3 Å². The number of nitrogens with one attached hydrogen (secondary N) is 1. The summed E-state index contributed by atoms with van der Waals surface area (Å²) < 4.78 is 1.40. The molecule has 0 aliphatic carbocycles. The van der Waals surface area contributed by atoms with Crippen molar-refractivity contribution in [2.45, 2.75) is 17.9 Å². The Morgan fingerprint density at radius 3 is 2.73 bits per heavy atom.